The molecule has 2 amide bonds. The molecule has 0 unspecified atom stereocenters. The van der Waals surface area contributed by atoms with Crippen LogP contribution in [0.5, 0.6) is 5.75 Å². The minimum atomic E-state index is -1.01. The molecule has 1 aromatic heterocycles. The summed E-state index contributed by atoms with van der Waals surface area (Å²) < 4.78 is 7.09. The van der Waals surface area contributed by atoms with Crippen LogP contribution in [0.25, 0.3) is 10.9 Å². The Balaban J connectivity index is 1.29. The zero-order chi connectivity index (χ0) is 31.1. The molecule has 0 bridgehead atoms. The van der Waals surface area contributed by atoms with E-state index < -0.39 is 17.9 Å². The van der Waals surface area contributed by atoms with Crippen LogP contribution in [0.1, 0.15) is 46.5 Å². The number of carbonyl (C=O) groups is 3. The highest BCUT2D eigenvalue weighted by Crippen LogP contribution is 2.27. The van der Waals surface area contributed by atoms with Crippen LogP contribution in [0.4, 0.5) is 5.69 Å². The number of benzene rings is 3. The van der Waals surface area contributed by atoms with Gasteiger partial charge < -0.3 is 24.8 Å². The number of para-hydroxylation sites is 1. The highest BCUT2D eigenvalue weighted by atomic mass is 16.7. The van der Waals surface area contributed by atoms with Crippen LogP contribution in [0.15, 0.2) is 84.9 Å². The highest BCUT2D eigenvalue weighted by Gasteiger charge is 2.34. The molecule has 2 N–H and O–H groups in total. The Morgan fingerprint density at radius 2 is 1.70 bits per heavy atom. The van der Waals surface area contributed by atoms with Crippen molar-refractivity contribution >= 4 is 34.4 Å². The van der Waals surface area contributed by atoms with Gasteiger partial charge in [-0.25, -0.2) is 9.86 Å². The van der Waals surface area contributed by atoms with Gasteiger partial charge in [-0.15, -0.1) is 0 Å². The number of carbonyl (C=O) groups excluding carboxylic acids is 3. The third-order valence-electron chi connectivity index (χ3n) is 7.99. The second kappa shape index (κ2) is 13.8. The number of amides is 2. The molecule has 0 spiro atoms. The minimum absolute atomic E-state index is 0.118. The number of hydrogen-bond acceptors (Lipinski definition) is 7. The van der Waals surface area contributed by atoms with Crippen LogP contribution in [-0.4, -0.2) is 48.1 Å². The fourth-order valence-corrected chi connectivity index (χ4v) is 5.60. The smallest absolute Gasteiger partial charge is 0.363 e. The normalized spacial score (nSPS) is 16.8. The third-order valence-corrected chi connectivity index (χ3v) is 7.99. The number of methoxy groups -OCH3 is 1. The van der Waals surface area contributed by atoms with Crippen LogP contribution in [0, 0.1) is 17.2 Å². The first-order chi connectivity index (χ1) is 21.4. The molecule has 4 aromatic rings. The zero-order valence-corrected chi connectivity index (χ0v) is 24.7. The number of fused-ring (bicyclic) bond motifs is 1. The van der Waals surface area contributed by atoms with E-state index in [9.17, 15) is 19.6 Å². The van der Waals surface area contributed by atoms with Crippen molar-refractivity contribution in [2.24, 2.45) is 13.0 Å². The van der Waals surface area contributed by atoms with Gasteiger partial charge in [-0.3, -0.25) is 9.59 Å². The van der Waals surface area contributed by atoms with E-state index in [4.69, 9.17) is 9.57 Å². The van der Waals surface area contributed by atoms with E-state index in [1.165, 1.54) is 5.06 Å². The van der Waals surface area contributed by atoms with Crippen LogP contribution < -0.4 is 20.4 Å². The SMILES string of the molecule is COc1ccc(N(C[C@H](C#N)NC(=O)[C@@H]2CCCC[C@@H]2NC(=O)c2cc3ccccc3n2C)OC(=O)c2ccccc2)cc1. The molecule has 1 heterocycles. The number of nitrogens with one attached hydrogen (secondary N) is 2. The molecule has 0 radical (unpaired) electrons. The Morgan fingerprint density at radius 3 is 2.41 bits per heavy atom. The van der Waals surface area contributed by atoms with Gasteiger partial charge in [0.05, 0.1) is 36.9 Å². The van der Waals surface area contributed by atoms with Crippen LogP contribution >= 0.6 is 0 Å². The lowest BCUT2D eigenvalue weighted by Crippen LogP contribution is -2.52. The molecule has 3 atom stereocenters. The summed E-state index contributed by atoms with van der Waals surface area (Å²) in [5.41, 5.74) is 2.31. The van der Waals surface area contributed by atoms with Crippen molar-refractivity contribution in [3.63, 3.8) is 0 Å². The maximum absolute atomic E-state index is 13.6. The fourth-order valence-electron chi connectivity index (χ4n) is 5.60. The summed E-state index contributed by atoms with van der Waals surface area (Å²) in [6.07, 6.45) is 2.95. The second-order valence-corrected chi connectivity index (χ2v) is 10.8. The lowest BCUT2D eigenvalue weighted by atomic mass is 9.83. The monoisotopic (exact) mass is 593 g/mol. The largest absolute Gasteiger partial charge is 0.497 e. The molecule has 0 aliphatic heterocycles. The van der Waals surface area contributed by atoms with Gasteiger partial charge in [0, 0.05) is 24.0 Å². The van der Waals surface area contributed by atoms with Crippen molar-refractivity contribution in [1.29, 1.82) is 5.26 Å². The van der Waals surface area contributed by atoms with Gasteiger partial charge in [-0.2, -0.15) is 5.26 Å². The van der Waals surface area contributed by atoms with Gasteiger partial charge in [0.2, 0.25) is 5.91 Å². The van der Waals surface area contributed by atoms with Crippen LogP contribution in [-0.2, 0) is 16.7 Å². The van der Waals surface area contributed by atoms with Crippen molar-refractivity contribution < 1.29 is 24.0 Å². The number of aryl methyl sites for hydroxylation is 1. The molecule has 226 valence electrons. The average molecular weight is 594 g/mol. The van der Waals surface area contributed by atoms with Crippen molar-refractivity contribution in [3.05, 3.63) is 96.2 Å². The predicted octanol–water partition coefficient (Wildman–Crippen LogP) is 4.76. The van der Waals surface area contributed by atoms with Gasteiger partial charge in [-0.1, -0.05) is 49.2 Å². The summed E-state index contributed by atoms with van der Waals surface area (Å²) >= 11 is 0. The molecule has 5 rings (SSSR count). The summed E-state index contributed by atoms with van der Waals surface area (Å²) in [4.78, 5) is 45.6. The van der Waals surface area contributed by atoms with Gasteiger partial charge in [0.15, 0.2) is 0 Å². The molecule has 1 saturated carbocycles. The summed E-state index contributed by atoms with van der Waals surface area (Å²) in [5, 5.41) is 18.2. The molecule has 44 heavy (non-hydrogen) atoms. The quantitative estimate of drug-likeness (QED) is 0.254. The van der Waals surface area contributed by atoms with Gasteiger partial charge in [0.1, 0.15) is 17.5 Å². The number of nitrogens with zero attached hydrogens (tertiary/aromatic N) is 3. The van der Waals surface area contributed by atoms with E-state index in [0.29, 0.717) is 35.5 Å². The Morgan fingerprint density at radius 1 is 1.00 bits per heavy atom. The zero-order valence-electron chi connectivity index (χ0n) is 24.7. The second-order valence-electron chi connectivity index (χ2n) is 10.8. The maximum atomic E-state index is 13.6. The molecule has 1 fully saturated rings. The Hall–Kier alpha value is -5.30. The van der Waals surface area contributed by atoms with E-state index in [2.05, 4.69) is 16.7 Å². The van der Waals surface area contributed by atoms with Gasteiger partial charge in [0.25, 0.3) is 5.91 Å². The summed E-state index contributed by atoms with van der Waals surface area (Å²) in [5.74, 6) is -1.08. The summed E-state index contributed by atoms with van der Waals surface area (Å²) in [7, 11) is 3.39. The number of anilines is 1. The predicted molar refractivity (Wildman–Crippen MR) is 166 cm³/mol. The number of ether oxygens (including phenoxy) is 1. The minimum Gasteiger partial charge on any atom is -0.497 e. The number of nitriles is 1. The Labute approximate surface area is 256 Å². The summed E-state index contributed by atoms with van der Waals surface area (Å²) in [6, 6.07) is 25.7. The first kappa shape index (κ1) is 30.2. The number of hydrogen-bond donors (Lipinski definition) is 2. The Bertz CT molecular complexity index is 1660. The number of hydroxylamine groups is 1. The number of aromatic nitrogens is 1. The molecule has 1 aliphatic rings. The highest BCUT2D eigenvalue weighted by molar-refractivity contribution is 5.99. The molecule has 0 saturated heterocycles. The molecule has 10 nitrogen and oxygen atoms in total. The first-order valence-corrected chi connectivity index (χ1v) is 14.6. The lowest BCUT2D eigenvalue weighted by molar-refractivity contribution is -0.127. The lowest BCUT2D eigenvalue weighted by Gasteiger charge is -2.32. The van der Waals surface area contributed by atoms with Crippen LogP contribution in [0.3, 0.4) is 0 Å². The van der Waals surface area contributed by atoms with Crippen molar-refractivity contribution in [3.8, 4) is 11.8 Å². The van der Waals surface area contributed by atoms with Gasteiger partial charge in [-0.05, 0) is 61.4 Å². The average Bonchev–Trinajstić information content (AvgIpc) is 3.41. The van der Waals surface area contributed by atoms with Crippen molar-refractivity contribution in [2.75, 3.05) is 18.7 Å². The van der Waals surface area contributed by atoms with E-state index in [1.54, 1.807) is 61.7 Å². The third kappa shape index (κ3) is 6.84. The topological polar surface area (TPSA) is 126 Å². The number of rotatable bonds is 10. The van der Waals surface area contributed by atoms with E-state index in [0.717, 1.165) is 23.7 Å². The van der Waals surface area contributed by atoms with E-state index in [1.807, 2.05) is 41.9 Å². The fraction of sp³-hybridized carbons (Fsp3) is 0.294. The van der Waals surface area contributed by atoms with Crippen molar-refractivity contribution in [2.45, 2.75) is 37.8 Å². The maximum Gasteiger partial charge on any atom is 0.363 e. The molecule has 3 aromatic carbocycles. The molecule has 1 aliphatic carbocycles. The Kier molecular flexibility index (Phi) is 9.45. The summed E-state index contributed by atoms with van der Waals surface area (Å²) in [6.45, 7) is -0.118. The van der Waals surface area contributed by atoms with E-state index in [-0.39, 0.29) is 24.4 Å². The van der Waals surface area contributed by atoms with Crippen molar-refractivity contribution in [1.82, 2.24) is 15.2 Å². The standard InChI is InChI=1S/C34H35N5O5/c1-38-30-15-9-6-12-24(30)20-31(38)33(41)37-29-14-8-7-13-28(29)32(40)36-25(21-35)22-39(26-16-18-27(43-2)19-17-26)44-34(42)23-10-4-3-5-11-23/h3-6,9-12,15-20,25,28-29H,7-8,13-14,22H2,1-2H3,(H,36,40)(H,37,41)/t25-,28+,29-/m0/s1. The van der Waals surface area contributed by atoms with Gasteiger partial charge >= 0.3 is 5.97 Å². The van der Waals surface area contributed by atoms with Crippen LogP contribution in [0.2, 0.25) is 0 Å². The first-order valence-electron chi connectivity index (χ1n) is 14.6. The molecular weight excluding hydrogens is 558 g/mol. The molecular formula is C34H35N5O5. The van der Waals surface area contributed by atoms with E-state index >= 15 is 0 Å². The molecule has 10 heteroatoms.